The normalized spacial score (nSPS) is 14.7. The van der Waals surface area contributed by atoms with Gasteiger partial charge in [-0.3, -0.25) is 4.79 Å². The lowest BCUT2D eigenvalue weighted by Crippen LogP contribution is -2.27. The van der Waals surface area contributed by atoms with E-state index in [1.807, 2.05) is 20.8 Å². The standard InChI is InChI=1S/C21H42O3/c1-17(16-18(22)19(2,3)4)12-10-13-21(8,9)24-15-11-14-23-20(5,6)7/h17H,10-16H2,1-9H3. The lowest BCUT2D eigenvalue weighted by atomic mass is 9.84. The second kappa shape index (κ2) is 9.91. The van der Waals surface area contributed by atoms with Crippen LogP contribution in [0.25, 0.3) is 0 Å². The van der Waals surface area contributed by atoms with Gasteiger partial charge in [-0.05, 0) is 53.4 Å². The van der Waals surface area contributed by atoms with E-state index in [-0.39, 0.29) is 16.6 Å². The molecule has 0 rings (SSSR count). The maximum atomic E-state index is 12.1. The van der Waals surface area contributed by atoms with Crippen molar-refractivity contribution >= 4 is 5.78 Å². The van der Waals surface area contributed by atoms with E-state index in [0.29, 0.717) is 18.1 Å². The van der Waals surface area contributed by atoms with Gasteiger partial charge in [0, 0.05) is 25.0 Å². The predicted octanol–water partition coefficient (Wildman–Crippen LogP) is 5.80. The molecule has 0 aliphatic carbocycles. The highest BCUT2D eigenvalue weighted by Crippen LogP contribution is 2.25. The van der Waals surface area contributed by atoms with Crippen molar-refractivity contribution in [3.05, 3.63) is 0 Å². The monoisotopic (exact) mass is 342 g/mol. The summed E-state index contributed by atoms with van der Waals surface area (Å²) in [7, 11) is 0. The molecule has 0 saturated carbocycles. The topological polar surface area (TPSA) is 35.5 Å². The van der Waals surface area contributed by atoms with Gasteiger partial charge in [-0.15, -0.1) is 0 Å². The summed E-state index contributed by atoms with van der Waals surface area (Å²) >= 11 is 0. The van der Waals surface area contributed by atoms with Crippen LogP contribution in [0, 0.1) is 11.3 Å². The van der Waals surface area contributed by atoms with Crippen molar-refractivity contribution in [3.8, 4) is 0 Å². The fourth-order valence-electron chi connectivity index (χ4n) is 2.46. The van der Waals surface area contributed by atoms with E-state index >= 15 is 0 Å². The summed E-state index contributed by atoms with van der Waals surface area (Å²) < 4.78 is 11.7. The van der Waals surface area contributed by atoms with Crippen LogP contribution in [0.15, 0.2) is 0 Å². The van der Waals surface area contributed by atoms with Crippen LogP contribution in [0.2, 0.25) is 0 Å². The number of hydrogen-bond acceptors (Lipinski definition) is 3. The van der Waals surface area contributed by atoms with Gasteiger partial charge in [-0.25, -0.2) is 0 Å². The summed E-state index contributed by atoms with van der Waals surface area (Å²) in [4.78, 5) is 12.1. The van der Waals surface area contributed by atoms with Gasteiger partial charge in [0.2, 0.25) is 0 Å². The fraction of sp³-hybridized carbons (Fsp3) is 0.952. The number of rotatable bonds is 11. The van der Waals surface area contributed by atoms with Crippen molar-refractivity contribution < 1.29 is 14.3 Å². The van der Waals surface area contributed by atoms with Crippen molar-refractivity contribution in [1.82, 2.24) is 0 Å². The van der Waals surface area contributed by atoms with E-state index < -0.39 is 0 Å². The highest BCUT2D eigenvalue weighted by molar-refractivity contribution is 5.83. The Labute approximate surface area is 150 Å². The molecule has 0 bridgehead atoms. The second-order valence-electron chi connectivity index (χ2n) is 9.80. The van der Waals surface area contributed by atoms with Gasteiger partial charge in [0.1, 0.15) is 5.78 Å². The molecule has 0 amide bonds. The highest BCUT2D eigenvalue weighted by atomic mass is 16.5. The summed E-state index contributed by atoms with van der Waals surface area (Å²) in [6.45, 7) is 20.2. The van der Waals surface area contributed by atoms with Crippen LogP contribution in [-0.4, -0.2) is 30.2 Å². The molecule has 0 saturated heterocycles. The zero-order valence-electron chi connectivity index (χ0n) is 17.8. The Bertz CT molecular complexity index is 358. The Kier molecular flexibility index (Phi) is 9.74. The number of carbonyl (C=O) groups excluding carboxylic acids is 1. The summed E-state index contributed by atoms with van der Waals surface area (Å²) in [5, 5.41) is 0. The first kappa shape index (κ1) is 23.6. The van der Waals surface area contributed by atoms with Crippen molar-refractivity contribution in [3.63, 3.8) is 0 Å². The average Bonchev–Trinajstić information content (AvgIpc) is 2.35. The highest BCUT2D eigenvalue weighted by Gasteiger charge is 2.23. The molecule has 0 aromatic rings. The van der Waals surface area contributed by atoms with Crippen LogP contribution < -0.4 is 0 Å². The minimum atomic E-state index is -0.217. The van der Waals surface area contributed by atoms with E-state index in [1.54, 1.807) is 0 Å². The van der Waals surface area contributed by atoms with Gasteiger partial charge in [0.05, 0.1) is 11.2 Å². The Morgan fingerprint density at radius 1 is 0.875 bits per heavy atom. The second-order valence-corrected chi connectivity index (χ2v) is 9.80. The third-order valence-electron chi connectivity index (χ3n) is 4.16. The SMILES string of the molecule is CC(CCCC(C)(C)OCCCOC(C)(C)C)CC(=O)C(C)(C)C. The molecule has 0 fully saturated rings. The van der Waals surface area contributed by atoms with Crippen LogP contribution in [0.3, 0.4) is 0 Å². The van der Waals surface area contributed by atoms with E-state index in [2.05, 4.69) is 41.5 Å². The van der Waals surface area contributed by atoms with Crippen LogP contribution in [0.1, 0.15) is 94.4 Å². The zero-order chi connectivity index (χ0) is 19.0. The maximum absolute atomic E-state index is 12.1. The number of carbonyl (C=O) groups is 1. The van der Waals surface area contributed by atoms with Crippen LogP contribution >= 0.6 is 0 Å². The number of ether oxygens (including phenoxy) is 2. The Morgan fingerprint density at radius 3 is 1.92 bits per heavy atom. The molecule has 0 heterocycles. The molecule has 3 heteroatoms. The van der Waals surface area contributed by atoms with Crippen LogP contribution in [-0.2, 0) is 14.3 Å². The van der Waals surface area contributed by atoms with E-state index in [9.17, 15) is 4.79 Å². The first-order valence-electron chi connectivity index (χ1n) is 9.54. The quantitative estimate of drug-likeness (QED) is 0.445. The summed E-state index contributed by atoms with van der Waals surface area (Å²) in [6.07, 6.45) is 4.83. The summed E-state index contributed by atoms with van der Waals surface area (Å²) in [6, 6.07) is 0. The van der Waals surface area contributed by atoms with Gasteiger partial charge in [0.25, 0.3) is 0 Å². The van der Waals surface area contributed by atoms with Gasteiger partial charge in [-0.2, -0.15) is 0 Å². The van der Waals surface area contributed by atoms with Crippen molar-refractivity contribution in [2.24, 2.45) is 11.3 Å². The fourth-order valence-corrected chi connectivity index (χ4v) is 2.46. The smallest absolute Gasteiger partial charge is 0.138 e. The molecule has 0 N–H and O–H groups in total. The molecule has 1 unspecified atom stereocenters. The molecule has 0 aliphatic heterocycles. The van der Waals surface area contributed by atoms with Crippen LogP contribution in [0.4, 0.5) is 0 Å². The van der Waals surface area contributed by atoms with Crippen LogP contribution in [0.5, 0.6) is 0 Å². The van der Waals surface area contributed by atoms with Gasteiger partial charge < -0.3 is 9.47 Å². The molecule has 0 aromatic heterocycles. The first-order chi connectivity index (χ1) is 10.7. The van der Waals surface area contributed by atoms with Gasteiger partial charge in [0.15, 0.2) is 0 Å². The molecule has 0 aliphatic rings. The molecule has 1 atom stereocenters. The molecule has 144 valence electrons. The Hall–Kier alpha value is -0.410. The number of hydrogen-bond donors (Lipinski definition) is 0. The molecule has 24 heavy (non-hydrogen) atoms. The minimum Gasteiger partial charge on any atom is -0.376 e. The molecule has 3 nitrogen and oxygen atoms in total. The summed E-state index contributed by atoms with van der Waals surface area (Å²) in [5.41, 5.74) is -0.391. The lowest BCUT2D eigenvalue weighted by Gasteiger charge is -2.27. The largest absolute Gasteiger partial charge is 0.376 e. The third-order valence-corrected chi connectivity index (χ3v) is 4.16. The van der Waals surface area contributed by atoms with E-state index in [4.69, 9.17) is 9.47 Å². The lowest BCUT2D eigenvalue weighted by molar-refractivity contribution is -0.127. The van der Waals surface area contributed by atoms with Crippen molar-refractivity contribution in [1.29, 1.82) is 0 Å². The van der Waals surface area contributed by atoms with Gasteiger partial charge in [-0.1, -0.05) is 40.5 Å². The van der Waals surface area contributed by atoms with Gasteiger partial charge >= 0.3 is 0 Å². The summed E-state index contributed by atoms with van der Waals surface area (Å²) in [5.74, 6) is 0.817. The minimum absolute atomic E-state index is 0.0733. The number of Topliss-reactive ketones (excluding diaryl/α,β-unsaturated/α-hetero) is 1. The molecule has 0 radical (unpaired) electrons. The predicted molar refractivity (Wildman–Crippen MR) is 102 cm³/mol. The zero-order valence-corrected chi connectivity index (χ0v) is 17.8. The maximum Gasteiger partial charge on any atom is 0.138 e. The Balaban J connectivity index is 3.89. The Morgan fingerprint density at radius 2 is 1.42 bits per heavy atom. The average molecular weight is 343 g/mol. The first-order valence-corrected chi connectivity index (χ1v) is 9.54. The van der Waals surface area contributed by atoms with E-state index in [0.717, 1.165) is 38.9 Å². The molecule has 0 aromatic carbocycles. The molecular formula is C21H42O3. The van der Waals surface area contributed by atoms with E-state index in [1.165, 1.54) is 0 Å². The van der Waals surface area contributed by atoms with Crippen molar-refractivity contribution in [2.45, 2.75) is 106 Å². The van der Waals surface area contributed by atoms with Crippen molar-refractivity contribution in [2.75, 3.05) is 13.2 Å². The third kappa shape index (κ3) is 12.9. The number of ketones is 1. The molecular weight excluding hydrogens is 300 g/mol. The molecule has 0 spiro atoms.